The second-order valence-corrected chi connectivity index (χ2v) is 9.12. The van der Waals surface area contributed by atoms with Gasteiger partial charge in [-0.3, -0.25) is 13.9 Å². The first-order valence-corrected chi connectivity index (χ1v) is 12.7. The number of aromatic nitrogens is 7. The fourth-order valence-electron chi connectivity index (χ4n) is 4.39. The van der Waals surface area contributed by atoms with Gasteiger partial charge in [0.25, 0.3) is 5.56 Å². The van der Waals surface area contributed by atoms with Crippen molar-refractivity contribution in [3.05, 3.63) is 68.6 Å². The summed E-state index contributed by atoms with van der Waals surface area (Å²) < 4.78 is 4.74. The maximum atomic E-state index is 13.6. The second kappa shape index (κ2) is 12.0. The van der Waals surface area contributed by atoms with E-state index < -0.39 is 6.10 Å². The highest BCUT2D eigenvalue weighted by Gasteiger charge is 2.22. The van der Waals surface area contributed by atoms with Gasteiger partial charge in [-0.25, -0.2) is 9.78 Å². The van der Waals surface area contributed by atoms with Crippen LogP contribution < -0.4 is 22.3 Å². The summed E-state index contributed by atoms with van der Waals surface area (Å²) in [6.07, 6.45) is 3.23. The van der Waals surface area contributed by atoms with E-state index in [1.54, 1.807) is 4.57 Å². The number of nitrogens with one attached hydrogen (secondary N) is 2. The molecule has 12 heteroatoms. The van der Waals surface area contributed by atoms with Crippen molar-refractivity contribution in [2.24, 2.45) is 0 Å². The topological polar surface area (TPSA) is 162 Å². The SMILES string of the molecule is CCCn1c(=O)c2c(nc(Cc3nnc[nH]3)n2CCNCC(O)CC)n(CCc2cccc(N)c2)c1=O. The summed E-state index contributed by atoms with van der Waals surface area (Å²) in [5, 5.41) is 21.1. The Hall–Kier alpha value is -3.77. The molecule has 3 aromatic heterocycles. The lowest BCUT2D eigenvalue weighted by Gasteiger charge is -2.14. The minimum Gasteiger partial charge on any atom is -0.399 e. The lowest BCUT2D eigenvalue weighted by Crippen LogP contribution is -2.41. The molecule has 0 amide bonds. The van der Waals surface area contributed by atoms with Gasteiger partial charge in [0.05, 0.1) is 12.5 Å². The normalized spacial score (nSPS) is 12.4. The maximum absolute atomic E-state index is 13.6. The monoisotopic (exact) mass is 509 g/mol. The largest absolute Gasteiger partial charge is 0.399 e. The summed E-state index contributed by atoms with van der Waals surface area (Å²) in [5.41, 5.74) is 7.60. The van der Waals surface area contributed by atoms with Gasteiger partial charge in [0.15, 0.2) is 11.2 Å². The van der Waals surface area contributed by atoms with Gasteiger partial charge in [0.2, 0.25) is 0 Å². The average Bonchev–Trinajstić information content (AvgIpc) is 3.52. The third-order valence-corrected chi connectivity index (χ3v) is 6.37. The van der Waals surface area contributed by atoms with Crippen LogP contribution in [0, 0.1) is 0 Å². The number of fused-ring (bicyclic) bond motifs is 1. The lowest BCUT2D eigenvalue weighted by molar-refractivity contribution is 0.167. The zero-order valence-electron chi connectivity index (χ0n) is 21.4. The number of aromatic amines is 1. The zero-order chi connectivity index (χ0) is 26.4. The van der Waals surface area contributed by atoms with Crippen LogP contribution in [0.1, 0.15) is 43.9 Å². The molecule has 0 radical (unpaired) electrons. The van der Waals surface area contributed by atoms with Crippen molar-refractivity contribution in [3.63, 3.8) is 0 Å². The van der Waals surface area contributed by atoms with E-state index in [0.29, 0.717) is 86.9 Å². The van der Waals surface area contributed by atoms with Gasteiger partial charge in [-0.1, -0.05) is 26.0 Å². The first kappa shape index (κ1) is 26.3. The van der Waals surface area contributed by atoms with Gasteiger partial charge in [0, 0.05) is 38.4 Å². The van der Waals surface area contributed by atoms with Crippen LogP contribution >= 0.6 is 0 Å². The number of rotatable bonds is 13. The van der Waals surface area contributed by atoms with E-state index in [9.17, 15) is 14.7 Å². The number of nitrogens with two attached hydrogens (primary N) is 1. The van der Waals surface area contributed by atoms with Crippen LogP contribution in [0.15, 0.2) is 40.2 Å². The van der Waals surface area contributed by atoms with Crippen LogP contribution in [0.2, 0.25) is 0 Å². The number of nitrogen functional groups attached to an aromatic ring is 1. The Morgan fingerprint density at radius 1 is 1.14 bits per heavy atom. The molecule has 0 saturated heterocycles. The van der Waals surface area contributed by atoms with Crippen LogP contribution in [0.5, 0.6) is 0 Å². The molecule has 0 spiro atoms. The Bertz CT molecular complexity index is 1440. The molecule has 37 heavy (non-hydrogen) atoms. The first-order chi connectivity index (χ1) is 17.9. The summed E-state index contributed by atoms with van der Waals surface area (Å²) in [6.45, 7) is 5.92. The maximum Gasteiger partial charge on any atom is 0.332 e. The quantitative estimate of drug-likeness (QED) is 0.151. The number of anilines is 1. The van der Waals surface area contributed by atoms with Gasteiger partial charge in [-0.15, -0.1) is 10.2 Å². The Morgan fingerprint density at radius 3 is 2.68 bits per heavy atom. The van der Waals surface area contributed by atoms with Crippen LogP contribution in [0.4, 0.5) is 5.69 Å². The van der Waals surface area contributed by atoms with E-state index in [2.05, 4.69) is 20.5 Å². The number of aryl methyl sites for hydroxylation is 2. The Morgan fingerprint density at radius 2 is 1.97 bits per heavy atom. The number of H-pyrrole nitrogens is 1. The van der Waals surface area contributed by atoms with Crippen molar-refractivity contribution in [2.75, 3.05) is 18.8 Å². The third-order valence-electron chi connectivity index (χ3n) is 6.37. The molecule has 0 bridgehead atoms. The number of imidazole rings is 1. The second-order valence-electron chi connectivity index (χ2n) is 9.12. The molecule has 0 aliphatic carbocycles. The Balaban J connectivity index is 1.79. The smallest absolute Gasteiger partial charge is 0.332 e. The number of nitrogens with zero attached hydrogens (tertiary/aromatic N) is 6. The molecule has 1 aromatic carbocycles. The van der Waals surface area contributed by atoms with E-state index >= 15 is 0 Å². The number of benzene rings is 1. The molecule has 0 aliphatic heterocycles. The number of aliphatic hydroxyl groups is 1. The van der Waals surface area contributed by atoms with Gasteiger partial charge < -0.3 is 25.7 Å². The summed E-state index contributed by atoms with van der Waals surface area (Å²) in [4.78, 5) is 34.9. The molecule has 4 aromatic rings. The van der Waals surface area contributed by atoms with E-state index in [1.807, 2.05) is 42.7 Å². The van der Waals surface area contributed by atoms with Gasteiger partial charge >= 0.3 is 5.69 Å². The highest BCUT2D eigenvalue weighted by Crippen LogP contribution is 2.16. The van der Waals surface area contributed by atoms with Crippen molar-refractivity contribution in [1.29, 1.82) is 0 Å². The summed E-state index contributed by atoms with van der Waals surface area (Å²) in [5.74, 6) is 1.21. The third kappa shape index (κ3) is 5.97. The van der Waals surface area contributed by atoms with Crippen molar-refractivity contribution in [1.82, 2.24) is 39.2 Å². The van der Waals surface area contributed by atoms with Gasteiger partial charge in [0.1, 0.15) is 18.0 Å². The van der Waals surface area contributed by atoms with E-state index in [-0.39, 0.29) is 11.2 Å². The van der Waals surface area contributed by atoms with Crippen LogP contribution in [-0.4, -0.2) is 58.2 Å². The molecular weight excluding hydrogens is 474 g/mol. The lowest BCUT2D eigenvalue weighted by atomic mass is 10.1. The molecular formula is C25H35N9O3. The van der Waals surface area contributed by atoms with Crippen molar-refractivity contribution >= 4 is 16.9 Å². The molecule has 0 saturated carbocycles. The van der Waals surface area contributed by atoms with Gasteiger partial charge in [-0.2, -0.15) is 0 Å². The van der Waals surface area contributed by atoms with Gasteiger partial charge in [-0.05, 0) is 37.0 Å². The standard InChI is InChI=1S/C25H35N9O3/c1-3-10-34-24(36)22-23(33(25(34)37)11-8-17-6-5-7-18(26)13-17)30-21(14-20-28-16-29-31-20)32(22)12-9-27-15-19(35)4-2/h5-7,13,16,19,27,35H,3-4,8-12,14-15,26H2,1-2H3,(H,28,29,31). The number of hydrogen-bond donors (Lipinski definition) is 4. The predicted molar refractivity (Wildman–Crippen MR) is 141 cm³/mol. The molecule has 12 nitrogen and oxygen atoms in total. The van der Waals surface area contributed by atoms with Crippen molar-refractivity contribution in [2.45, 2.75) is 65.3 Å². The molecule has 5 N–H and O–H groups in total. The molecule has 3 heterocycles. The predicted octanol–water partition coefficient (Wildman–Crippen LogP) is 0.664. The molecule has 4 rings (SSSR count). The molecule has 198 valence electrons. The van der Waals surface area contributed by atoms with E-state index in [4.69, 9.17) is 10.7 Å². The summed E-state index contributed by atoms with van der Waals surface area (Å²) in [7, 11) is 0. The van der Waals surface area contributed by atoms with Crippen LogP contribution in [0.3, 0.4) is 0 Å². The fourth-order valence-corrected chi connectivity index (χ4v) is 4.39. The molecule has 0 fully saturated rings. The molecule has 0 aliphatic rings. The first-order valence-electron chi connectivity index (χ1n) is 12.7. The van der Waals surface area contributed by atoms with Crippen molar-refractivity contribution in [3.8, 4) is 0 Å². The Labute approximate surface area is 214 Å². The van der Waals surface area contributed by atoms with Crippen LogP contribution in [0.25, 0.3) is 11.2 Å². The highest BCUT2D eigenvalue weighted by atomic mass is 16.3. The summed E-state index contributed by atoms with van der Waals surface area (Å²) >= 11 is 0. The van der Waals surface area contributed by atoms with E-state index in [1.165, 1.54) is 10.9 Å². The fraction of sp³-hybridized carbons (Fsp3) is 0.480. The zero-order valence-corrected chi connectivity index (χ0v) is 21.4. The average molecular weight is 510 g/mol. The van der Waals surface area contributed by atoms with Crippen LogP contribution in [-0.2, 0) is 32.5 Å². The minimum atomic E-state index is -0.438. The minimum absolute atomic E-state index is 0.315. The molecule has 1 unspecified atom stereocenters. The van der Waals surface area contributed by atoms with E-state index in [0.717, 1.165) is 5.56 Å². The van der Waals surface area contributed by atoms with Crippen molar-refractivity contribution < 1.29 is 5.11 Å². The molecule has 1 atom stereocenters. The highest BCUT2D eigenvalue weighted by molar-refractivity contribution is 5.71. The number of hydrogen-bond acceptors (Lipinski definition) is 8. The summed E-state index contributed by atoms with van der Waals surface area (Å²) in [6, 6.07) is 7.55. The number of aliphatic hydroxyl groups excluding tert-OH is 1. The Kier molecular flexibility index (Phi) is 8.51.